The van der Waals surface area contributed by atoms with Gasteiger partial charge in [0, 0.05) is 25.6 Å². The molecule has 8 nitrogen and oxygen atoms in total. The van der Waals surface area contributed by atoms with Crippen molar-refractivity contribution in [3.63, 3.8) is 0 Å². The molecule has 0 unspecified atom stereocenters. The third-order valence-corrected chi connectivity index (χ3v) is 3.76. The number of hydrogen-bond donors (Lipinski definition) is 2. The predicted octanol–water partition coefficient (Wildman–Crippen LogP) is 2.43. The van der Waals surface area contributed by atoms with Crippen LogP contribution >= 0.6 is 0 Å². The Morgan fingerprint density at radius 3 is 2.54 bits per heavy atom. The number of aromatic nitrogens is 1. The van der Waals surface area contributed by atoms with E-state index in [1.807, 2.05) is 24.3 Å². The zero-order chi connectivity index (χ0) is 18.7. The Balaban J connectivity index is 1.74. The smallest absolute Gasteiger partial charge is 0.297 e. The fourth-order valence-corrected chi connectivity index (χ4v) is 2.55. The fourth-order valence-electron chi connectivity index (χ4n) is 2.55. The summed E-state index contributed by atoms with van der Waals surface area (Å²) in [7, 11) is 1.61. The normalized spacial score (nSPS) is 14.2. The lowest BCUT2D eigenvalue weighted by Gasteiger charge is -2.16. The van der Waals surface area contributed by atoms with Crippen molar-refractivity contribution in [3.05, 3.63) is 47.3 Å². The summed E-state index contributed by atoms with van der Waals surface area (Å²) in [6, 6.07) is 7.55. The number of rotatable bonds is 6. The van der Waals surface area contributed by atoms with E-state index in [2.05, 4.69) is 4.98 Å². The average molecular weight is 360 g/mol. The summed E-state index contributed by atoms with van der Waals surface area (Å²) in [6.45, 7) is 4.05. The molecule has 1 aliphatic heterocycles. The van der Waals surface area contributed by atoms with Crippen molar-refractivity contribution in [2.45, 2.75) is 32.8 Å². The van der Waals surface area contributed by atoms with Crippen molar-refractivity contribution < 1.29 is 28.9 Å². The predicted molar refractivity (Wildman–Crippen MR) is 90.3 cm³/mol. The van der Waals surface area contributed by atoms with Gasteiger partial charge in [-0.1, -0.05) is 12.1 Å². The first-order valence-electron chi connectivity index (χ1n) is 7.98. The molecule has 0 saturated heterocycles. The van der Waals surface area contributed by atoms with Crippen LogP contribution in [0.3, 0.4) is 0 Å². The third-order valence-electron chi connectivity index (χ3n) is 3.76. The summed E-state index contributed by atoms with van der Waals surface area (Å²) < 4.78 is 22.3. The van der Waals surface area contributed by atoms with Crippen LogP contribution in [0.4, 0.5) is 0 Å². The van der Waals surface area contributed by atoms with Crippen LogP contribution in [0, 0.1) is 0 Å². The number of carbonyl (C=O) groups excluding carboxylic acids is 1. The summed E-state index contributed by atoms with van der Waals surface area (Å²) in [5, 5.41) is 8.85. The molecule has 0 fully saturated rings. The lowest BCUT2D eigenvalue weighted by molar-refractivity contribution is -0.0444. The van der Waals surface area contributed by atoms with Crippen LogP contribution in [-0.2, 0) is 18.0 Å². The van der Waals surface area contributed by atoms with E-state index in [1.165, 1.54) is 6.20 Å². The van der Waals surface area contributed by atoms with Crippen molar-refractivity contribution in [2.75, 3.05) is 7.11 Å². The highest BCUT2D eigenvalue weighted by Gasteiger charge is 2.37. The summed E-state index contributed by atoms with van der Waals surface area (Å²) in [5.74, 6) is -0.361. The van der Waals surface area contributed by atoms with E-state index in [4.69, 9.17) is 24.2 Å². The molecule has 138 valence electrons. The van der Waals surface area contributed by atoms with Gasteiger partial charge in [0.1, 0.15) is 5.75 Å². The molecule has 1 aromatic carbocycles. The first kappa shape index (κ1) is 18.0. The molecular weight excluding hydrogens is 340 g/mol. The second-order valence-corrected chi connectivity index (χ2v) is 6.18. The molecule has 0 spiro atoms. The highest BCUT2D eigenvalue weighted by molar-refractivity contribution is 5.95. The average Bonchev–Trinajstić information content (AvgIpc) is 2.97. The quantitative estimate of drug-likeness (QED) is 0.603. The van der Waals surface area contributed by atoms with Gasteiger partial charge in [0.2, 0.25) is 5.79 Å². The number of carbonyl (C=O) groups is 1. The molecule has 2 aromatic rings. The first-order valence-corrected chi connectivity index (χ1v) is 7.98. The molecule has 0 bridgehead atoms. The summed E-state index contributed by atoms with van der Waals surface area (Å²) in [6.07, 6.45) is 1.47. The number of methoxy groups -OCH3 is 1. The van der Waals surface area contributed by atoms with Gasteiger partial charge in [-0.3, -0.25) is 10.0 Å². The number of amides is 1. The minimum atomic E-state index is -0.944. The number of ether oxygens (including phenoxy) is 4. The lowest BCUT2D eigenvalue weighted by Crippen LogP contribution is -2.30. The molecule has 3 rings (SSSR count). The van der Waals surface area contributed by atoms with Crippen LogP contribution < -0.4 is 19.7 Å². The first-order chi connectivity index (χ1) is 12.4. The van der Waals surface area contributed by atoms with E-state index in [0.717, 1.165) is 11.3 Å². The van der Waals surface area contributed by atoms with Crippen molar-refractivity contribution in [2.24, 2.45) is 0 Å². The minimum absolute atomic E-state index is 0.0491. The Labute approximate surface area is 150 Å². The van der Waals surface area contributed by atoms with E-state index >= 15 is 0 Å². The summed E-state index contributed by atoms with van der Waals surface area (Å²) in [4.78, 5) is 15.8. The molecular formula is C18H20N2O6. The van der Waals surface area contributed by atoms with Gasteiger partial charge < -0.3 is 18.9 Å². The van der Waals surface area contributed by atoms with Gasteiger partial charge in [-0.15, -0.1) is 0 Å². The van der Waals surface area contributed by atoms with Crippen molar-refractivity contribution in [1.29, 1.82) is 0 Å². The van der Waals surface area contributed by atoms with Gasteiger partial charge >= 0.3 is 0 Å². The molecule has 0 aliphatic carbocycles. The van der Waals surface area contributed by atoms with Crippen LogP contribution in [0.2, 0.25) is 0 Å². The van der Waals surface area contributed by atoms with Crippen LogP contribution in [0.25, 0.3) is 0 Å². The maximum absolute atomic E-state index is 11.7. The minimum Gasteiger partial charge on any atom is -0.497 e. The maximum atomic E-state index is 11.7. The summed E-state index contributed by atoms with van der Waals surface area (Å²) >= 11 is 0. The molecule has 0 atom stereocenters. The number of pyridine rings is 1. The maximum Gasteiger partial charge on any atom is 0.297 e. The van der Waals surface area contributed by atoms with Crippen LogP contribution in [-0.4, -0.2) is 29.0 Å². The van der Waals surface area contributed by atoms with E-state index in [9.17, 15) is 4.79 Å². The van der Waals surface area contributed by atoms with Gasteiger partial charge in [-0.2, -0.15) is 0 Å². The molecule has 8 heteroatoms. The monoisotopic (exact) mass is 360 g/mol. The molecule has 0 saturated carbocycles. The largest absolute Gasteiger partial charge is 0.497 e. The number of hydrogen-bond acceptors (Lipinski definition) is 7. The number of nitrogens with one attached hydrogen (secondary N) is 1. The van der Waals surface area contributed by atoms with Crippen molar-refractivity contribution >= 4 is 5.91 Å². The second-order valence-electron chi connectivity index (χ2n) is 6.18. The molecule has 1 aromatic heterocycles. The molecule has 0 radical (unpaired) electrons. The van der Waals surface area contributed by atoms with Crippen LogP contribution in [0.1, 0.15) is 35.5 Å². The van der Waals surface area contributed by atoms with E-state index in [0.29, 0.717) is 17.9 Å². The number of benzene rings is 1. The number of nitrogens with zero attached hydrogens (tertiary/aromatic N) is 1. The van der Waals surface area contributed by atoms with Crippen LogP contribution in [0.5, 0.6) is 17.2 Å². The van der Waals surface area contributed by atoms with Gasteiger partial charge in [-0.25, -0.2) is 10.5 Å². The molecule has 26 heavy (non-hydrogen) atoms. The molecule has 1 aliphatic rings. The van der Waals surface area contributed by atoms with Crippen molar-refractivity contribution in [3.8, 4) is 17.2 Å². The van der Waals surface area contributed by atoms with E-state index in [-0.39, 0.29) is 18.1 Å². The van der Waals surface area contributed by atoms with Gasteiger partial charge in [-0.05, 0) is 17.7 Å². The Hall–Kier alpha value is -2.84. The zero-order valence-corrected chi connectivity index (χ0v) is 14.7. The van der Waals surface area contributed by atoms with Gasteiger partial charge in [0.05, 0.1) is 20.3 Å². The van der Waals surface area contributed by atoms with Crippen molar-refractivity contribution in [1.82, 2.24) is 10.5 Å². The van der Waals surface area contributed by atoms with Gasteiger partial charge in [0.15, 0.2) is 17.2 Å². The fraction of sp³-hybridized carbons (Fsp3) is 0.333. The molecule has 1 amide bonds. The Morgan fingerprint density at radius 1 is 1.19 bits per heavy atom. The second kappa shape index (κ2) is 7.19. The molecule has 2 N–H and O–H groups in total. The van der Waals surface area contributed by atoms with Crippen LogP contribution in [0.15, 0.2) is 30.5 Å². The summed E-state index contributed by atoms with van der Waals surface area (Å²) in [5.41, 5.74) is 3.14. The standard InChI is InChI=1S/C18H20N2O6/c1-18(2)25-15-12(8-19-14(16(15)26-18)17(21)20-22)10-24-9-11-4-6-13(23-3)7-5-11/h4-8,22H,9-10H2,1-3H3,(H,20,21). The van der Waals surface area contributed by atoms with E-state index in [1.54, 1.807) is 26.4 Å². The lowest BCUT2D eigenvalue weighted by atomic mass is 10.2. The highest BCUT2D eigenvalue weighted by atomic mass is 16.7. The highest BCUT2D eigenvalue weighted by Crippen LogP contribution is 2.43. The zero-order valence-electron chi connectivity index (χ0n) is 14.7. The SMILES string of the molecule is COc1ccc(COCc2cnc(C(=O)NO)c3c2OC(C)(C)O3)cc1. The topological polar surface area (TPSA) is 99.1 Å². The van der Waals surface area contributed by atoms with E-state index < -0.39 is 11.7 Å². The Kier molecular flexibility index (Phi) is 4.97. The third kappa shape index (κ3) is 3.71. The molecule has 2 heterocycles. The van der Waals surface area contributed by atoms with Gasteiger partial charge in [0.25, 0.3) is 5.91 Å². The Bertz CT molecular complexity index is 804. The Morgan fingerprint density at radius 2 is 1.88 bits per heavy atom. The number of hydroxylamine groups is 1. The number of fused-ring (bicyclic) bond motifs is 1.